The molecule has 1 heterocycles. The number of halogens is 1. The van der Waals surface area contributed by atoms with Crippen LogP contribution in [0, 0.1) is 0 Å². The molecule has 27 heavy (non-hydrogen) atoms. The molecule has 2 aromatic carbocycles. The first-order chi connectivity index (χ1) is 13.0. The molecule has 0 saturated heterocycles. The highest BCUT2D eigenvalue weighted by Crippen LogP contribution is 2.25. The van der Waals surface area contributed by atoms with Gasteiger partial charge in [-0.15, -0.1) is 6.58 Å². The normalized spacial score (nSPS) is 11.9. The van der Waals surface area contributed by atoms with E-state index in [0.717, 1.165) is 0 Å². The molecule has 3 rings (SSSR count). The molecule has 0 bridgehead atoms. The maximum absolute atomic E-state index is 13.1. The van der Waals surface area contributed by atoms with E-state index < -0.39 is 5.25 Å². The Labute approximate surface area is 166 Å². The number of carbonyl (C=O) groups excluding carboxylic acids is 1. The predicted octanol–water partition coefficient (Wildman–Crippen LogP) is 3.82. The molecule has 0 fully saturated rings. The van der Waals surface area contributed by atoms with Crippen molar-refractivity contribution >= 4 is 40.2 Å². The van der Waals surface area contributed by atoms with Gasteiger partial charge in [0.2, 0.25) is 5.91 Å². The maximum Gasteiger partial charge on any atom is 0.266 e. The van der Waals surface area contributed by atoms with Crippen molar-refractivity contribution in [1.29, 1.82) is 0 Å². The third kappa shape index (κ3) is 4.23. The van der Waals surface area contributed by atoms with Crippen LogP contribution in [0.15, 0.2) is 71.1 Å². The highest BCUT2D eigenvalue weighted by molar-refractivity contribution is 8.00. The van der Waals surface area contributed by atoms with Crippen molar-refractivity contribution in [3.8, 4) is 5.69 Å². The van der Waals surface area contributed by atoms with Crippen LogP contribution in [0.2, 0.25) is 5.02 Å². The van der Waals surface area contributed by atoms with Crippen LogP contribution >= 0.6 is 23.4 Å². The van der Waals surface area contributed by atoms with E-state index in [0.29, 0.717) is 33.3 Å². The largest absolute Gasteiger partial charge is 0.352 e. The monoisotopic (exact) mass is 399 g/mol. The van der Waals surface area contributed by atoms with Crippen molar-refractivity contribution in [2.45, 2.75) is 17.3 Å². The molecule has 7 heteroatoms. The Morgan fingerprint density at radius 3 is 2.70 bits per heavy atom. The molecule has 1 N–H and O–H groups in total. The van der Waals surface area contributed by atoms with Gasteiger partial charge < -0.3 is 5.32 Å². The molecule has 0 spiro atoms. The van der Waals surface area contributed by atoms with Crippen LogP contribution in [0.1, 0.15) is 6.92 Å². The summed E-state index contributed by atoms with van der Waals surface area (Å²) < 4.78 is 1.51. The van der Waals surface area contributed by atoms with Gasteiger partial charge in [0.1, 0.15) is 0 Å². The molecule has 1 amide bonds. The van der Waals surface area contributed by atoms with Crippen molar-refractivity contribution in [3.63, 3.8) is 0 Å². The zero-order valence-electron chi connectivity index (χ0n) is 14.7. The Hall–Kier alpha value is -2.57. The van der Waals surface area contributed by atoms with E-state index in [-0.39, 0.29) is 11.5 Å². The minimum Gasteiger partial charge on any atom is -0.352 e. The van der Waals surface area contributed by atoms with E-state index in [1.54, 1.807) is 55.5 Å². The summed E-state index contributed by atoms with van der Waals surface area (Å²) in [5, 5.41) is 3.86. The Balaban J connectivity index is 2.11. The third-order valence-electron chi connectivity index (χ3n) is 3.90. The molecule has 0 radical (unpaired) electrons. The van der Waals surface area contributed by atoms with Gasteiger partial charge in [-0.05, 0) is 43.3 Å². The molecule has 5 nitrogen and oxygen atoms in total. The van der Waals surface area contributed by atoms with Crippen LogP contribution in [-0.2, 0) is 4.79 Å². The first kappa shape index (κ1) is 19.2. The van der Waals surface area contributed by atoms with Gasteiger partial charge in [0.15, 0.2) is 5.16 Å². The number of carbonyl (C=O) groups is 1. The summed E-state index contributed by atoms with van der Waals surface area (Å²) in [6.07, 6.45) is 1.62. The van der Waals surface area contributed by atoms with Crippen molar-refractivity contribution < 1.29 is 4.79 Å². The van der Waals surface area contributed by atoms with Gasteiger partial charge in [-0.1, -0.05) is 41.6 Å². The van der Waals surface area contributed by atoms with Gasteiger partial charge >= 0.3 is 0 Å². The lowest BCUT2D eigenvalue weighted by Gasteiger charge is -2.16. The number of aromatic nitrogens is 2. The van der Waals surface area contributed by atoms with Crippen LogP contribution < -0.4 is 10.9 Å². The number of hydrogen-bond donors (Lipinski definition) is 1. The van der Waals surface area contributed by atoms with Crippen molar-refractivity contribution in [2.75, 3.05) is 6.54 Å². The molecule has 1 aromatic heterocycles. The van der Waals surface area contributed by atoms with Crippen LogP contribution in [0.25, 0.3) is 16.6 Å². The maximum atomic E-state index is 13.1. The summed E-state index contributed by atoms with van der Waals surface area (Å²) in [6, 6.07) is 14.1. The predicted molar refractivity (Wildman–Crippen MR) is 111 cm³/mol. The van der Waals surface area contributed by atoms with Crippen LogP contribution in [0.4, 0.5) is 0 Å². The summed E-state index contributed by atoms with van der Waals surface area (Å²) >= 11 is 7.21. The second-order valence-electron chi connectivity index (χ2n) is 5.82. The van der Waals surface area contributed by atoms with Crippen LogP contribution in [-0.4, -0.2) is 27.3 Å². The highest BCUT2D eigenvalue weighted by atomic mass is 35.5. The van der Waals surface area contributed by atoms with E-state index >= 15 is 0 Å². The molecule has 0 saturated carbocycles. The van der Waals surface area contributed by atoms with Gasteiger partial charge in [0.25, 0.3) is 5.56 Å². The molecule has 0 unspecified atom stereocenters. The summed E-state index contributed by atoms with van der Waals surface area (Å²) in [7, 11) is 0. The van der Waals surface area contributed by atoms with Crippen LogP contribution in [0.5, 0.6) is 0 Å². The molecule has 3 aromatic rings. The number of thioether (sulfide) groups is 1. The van der Waals surface area contributed by atoms with Gasteiger partial charge in [-0.3, -0.25) is 14.2 Å². The van der Waals surface area contributed by atoms with E-state index in [1.165, 1.54) is 16.3 Å². The first-order valence-electron chi connectivity index (χ1n) is 8.34. The Kier molecular flexibility index (Phi) is 5.98. The number of rotatable bonds is 6. The van der Waals surface area contributed by atoms with E-state index in [2.05, 4.69) is 16.9 Å². The number of nitrogens with one attached hydrogen (secondary N) is 1. The summed E-state index contributed by atoms with van der Waals surface area (Å²) in [5.41, 5.74) is 1.04. The van der Waals surface area contributed by atoms with E-state index in [9.17, 15) is 9.59 Å². The van der Waals surface area contributed by atoms with Gasteiger partial charge in [0.05, 0.1) is 21.8 Å². The summed E-state index contributed by atoms with van der Waals surface area (Å²) in [5.74, 6) is -0.148. The standard InChI is InChI=1S/C20H18ClN3O2S/c1-3-12-22-18(25)13(2)27-20-23-17-7-5-4-6-16(17)19(26)24(20)15-10-8-14(21)9-11-15/h3-11,13H,1,12H2,2H3,(H,22,25)/t13-/m1/s1. The summed E-state index contributed by atoms with van der Waals surface area (Å²) in [6.45, 7) is 5.75. The molecule has 0 aliphatic carbocycles. The van der Waals surface area contributed by atoms with Crippen molar-refractivity contribution in [3.05, 3.63) is 76.6 Å². The average Bonchev–Trinajstić information content (AvgIpc) is 2.67. The van der Waals surface area contributed by atoms with Crippen molar-refractivity contribution in [1.82, 2.24) is 14.9 Å². The quantitative estimate of drug-likeness (QED) is 0.389. The Morgan fingerprint density at radius 2 is 2.00 bits per heavy atom. The molecular weight excluding hydrogens is 382 g/mol. The van der Waals surface area contributed by atoms with E-state index in [1.807, 2.05) is 6.07 Å². The number of nitrogens with zero attached hydrogens (tertiary/aromatic N) is 2. The zero-order valence-corrected chi connectivity index (χ0v) is 16.3. The lowest BCUT2D eigenvalue weighted by molar-refractivity contribution is -0.120. The minimum absolute atomic E-state index is 0.148. The van der Waals surface area contributed by atoms with Crippen LogP contribution in [0.3, 0.4) is 0 Å². The second kappa shape index (κ2) is 8.41. The van der Waals surface area contributed by atoms with Gasteiger partial charge in [-0.2, -0.15) is 0 Å². The smallest absolute Gasteiger partial charge is 0.266 e. The molecule has 0 aliphatic heterocycles. The zero-order chi connectivity index (χ0) is 19.4. The van der Waals surface area contributed by atoms with E-state index in [4.69, 9.17) is 11.6 Å². The first-order valence-corrected chi connectivity index (χ1v) is 9.60. The van der Waals surface area contributed by atoms with Gasteiger partial charge in [0, 0.05) is 11.6 Å². The van der Waals surface area contributed by atoms with Gasteiger partial charge in [-0.25, -0.2) is 4.98 Å². The third-order valence-corrected chi connectivity index (χ3v) is 5.21. The molecule has 0 aliphatic rings. The number of para-hydroxylation sites is 1. The molecule has 1 atom stereocenters. The number of benzene rings is 2. The highest BCUT2D eigenvalue weighted by Gasteiger charge is 2.19. The number of fused-ring (bicyclic) bond motifs is 1. The fourth-order valence-electron chi connectivity index (χ4n) is 2.54. The topological polar surface area (TPSA) is 64.0 Å². The molecular formula is C20H18ClN3O2S. The van der Waals surface area contributed by atoms with Crippen molar-refractivity contribution in [2.24, 2.45) is 0 Å². The number of hydrogen-bond acceptors (Lipinski definition) is 4. The lowest BCUT2D eigenvalue weighted by atomic mass is 10.2. The molecule has 138 valence electrons. The lowest BCUT2D eigenvalue weighted by Crippen LogP contribution is -2.32. The average molecular weight is 400 g/mol. The second-order valence-corrected chi connectivity index (χ2v) is 7.57. The fourth-order valence-corrected chi connectivity index (χ4v) is 3.61. The summed E-state index contributed by atoms with van der Waals surface area (Å²) in [4.78, 5) is 30.0. The Bertz CT molecular complexity index is 1050. The minimum atomic E-state index is -0.434. The fraction of sp³-hybridized carbons (Fsp3) is 0.150. The number of amides is 1. The Morgan fingerprint density at radius 1 is 1.30 bits per heavy atom. The SMILES string of the molecule is C=CCNC(=O)[C@@H](C)Sc1nc2ccccc2c(=O)n1-c1ccc(Cl)cc1.